The molecule has 0 aromatic rings. The van der Waals surface area contributed by atoms with Crippen LogP contribution < -0.4 is 5.32 Å². The van der Waals surface area contributed by atoms with Crippen LogP contribution in [-0.4, -0.2) is 47.4 Å². The van der Waals surface area contributed by atoms with Crippen LogP contribution in [0.2, 0.25) is 0 Å². The molecule has 0 radical (unpaired) electrons. The molecule has 4 nitrogen and oxygen atoms in total. The second-order valence-corrected chi connectivity index (χ2v) is 5.66. The fourth-order valence-corrected chi connectivity index (χ4v) is 2.50. The highest BCUT2D eigenvalue weighted by Gasteiger charge is 2.38. The number of ether oxygens (including phenoxy) is 1. The van der Waals surface area contributed by atoms with Gasteiger partial charge >= 0.3 is 0 Å². The first-order valence-electron chi connectivity index (χ1n) is 5.53. The molecule has 94 valence electrons. The zero-order valence-electron chi connectivity index (χ0n) is 10.2. The molecule has 2 atom stereocenters. The van der Waals surface area contributed by atoms with Gasteiger partial charge in [0.05, 0.1) is 5.60 Å². The fraction of sp³-hybridized carbons (Fsp3) is 0.909. The minimum Gasteiger partial charge on any atom is -0.387 e. The maximum absolute atomic E-state index is 11.9. The average molecular weight is 247 g/mol. The van der Waals surface area contributed by atoms with Gasteiger partial charge in [-0.2, -0.15) is 11.8 Å². The summed E-state index contributed by atoms with van der Waals surface area (Å²) in [5, 5.41) is 12.7. The third-order valence-electron chi connectivity index (χ3n) is 2.78. The van der Waals surface area contributed by atoms with Gasteiger partial charge in [-0.15, -0.1) is 0 Å². The lowest BCUT2D eigenvalue weighted by molar-refractivity contribution is -0.140. The lowest BCUT2D eigenvalue weighted by Crippen LogP contribution is -2.50. The summed E-state index contributed by atoms with van der Waals surface area (Å²) in [6, 6.07) is 0. The maximum Gasteiger partial charge on any atom is 0.252 e. The molecule has 2 unspecified atom stereocenters. The van der Waals surface area contributed by atoms with E-state index in [0.717, 1.165) is 12.8 Å². The Morgan fingerprint density at radius 3 is 2.88 bits per heavy atom. The van der Waals surface area contributed by atoms with Gasteiger partial charge in [0.15, 0.2) is 0 Å². The van der Waals surface area contributed by atoms with Crippen LogP contribution in [0.1, 0.15) is 26.7 Å². The van der Waals surface area contributed by atoms with E-state index in [1.807, 2.05) is 6.26 Å². The number of aliphatic hydroxyl groups is 1. The van der Waals surface area contributed by atoms with Gasteiger partial charge in [0, 0.05) is 18.9 Å². The Balaban J connectivity index is 2.40. The van der Waals surface area contributed by atoms with E-state index < -0.39 is 11.2 Å². The van der Waals surface area contributed by atoms with E-state index in [9.17, 15) is 9.90 Å². The smallest absolute Gasteiger partial charge is 0.252 e. The van der Waals surface area contributed by atoms with Crippen molar-refractivity contribution < 1.29 is 14.6 Å². The summed E-state index contributed by atoms with van der Waals surface area (Å²) in [7, 11) is 0. The van der Waals surface area contributed by atoms with Crippen LogP contribution in [0.4, 0.5) is 0 Å². The quantitative estimate of drug-likeness (QED) is 0.754. The van der Waals surface area contributed by atoms with Crippen molar-refractivity contribution >= 4 is 17.7 Å². The summed E-state index contributed by atoms with van der Waals surface area (Å²) in [6.45, 7) is 4.44. The molecular formula is C11H21NO3S. The van der Waals surface area contributed by atoms with Gasteiger partial charge in [-0.25, -0.2) is 0 Å². The highest BCUT2D eigenvalue weighted by Crippen LogP contribution is 2.25. The number of carbonyl (C=O) groups is 1. The third kappa shape index (κ3) is 3.64. The van der Waals surface area contributed by atoms with Gasteiger partial charge in [0.2, 0.25) is 0 Å². The monoisotopic (exact) mass is 247 g/mol. The second kappa shape index (κ2) is 5.38. The largest absolute Gasteiger partial charge is 0.387 e. The molecule has 2 N–H and O–H groups in total. The lowest BCUT2D eigenvalue weighted by Gasteiger charge is -2.27. The Morgan fingerprint density at radius 2 is 2.38 bits per heavy atom. The normalized spacial score (nSPS) is 28.8. The molecule has 1 saturated heterocycles. The van der Waals surface area contributed by atoms with Crippen molar-refractivity contribution in [3.8, 4) is 0 Å². The van der Waals surface area contributed by atoms with E-state index in [4.69, 9.17) is 4.74 Å². The van der Waals surface area contributed by atoms with Gasteiger partial charge < -0.3 is 15.2 Å². The van der Waals surface area contributed by atoms with E-state index in [0.29, 0.717) is 12.4 Å². The van der Waals surface area contributed by atoms with Crippen molar-refractivity contribution in [1.82, 2.24) is 5.32 Å². The molecule has 1 aliphatic heterocycles. The van der Waals surface area contributed by atoms with Crippen LogP contribution in [0, 0.1) is 0 Å². The predicted octanol–water partition coefficient (Wildman–Crippen LogP) is 0.786. The van der Waals surface area contributed by atoms with E-state index in [1.165, 1.54) is 0 Å². The Morgan fingerprint density at radius 1 is 1.69 bits per heavy atom. The first-order valence-corrected chi connectivity index (χ1v) is 6.93. The molecule has 5 heteroatoms. The predicted molar refractivity (Wildman–Crippen MR) is 65.6 cm³/mol. The van der Waals surface area contributed by atoms with Gasteiger partial charge in [0.25, 0.3) is 5.91 Å². The van der Waals surface area contributed by atoms with Gasteiger partial charge in [-0.1, -0.05) is 0 Å². The summed E-state index contributed by atoms with van der Waals surface area (Å²) >= 11 is 1.56. The van der Waals surface area contributed by atoms with Crippen molar-refractivity contribution in [2.45, 2.75) is 37.9 Å². The number of amides is 1. The van der Waals surface area contributed by atoms with Crippen molar-refractivity contribution in [3.05, 3.63) is 0 Å². The zero-order valence-corrected chi connectivity index (χ0v) is 11.0. The van der Waals surface area contributed by atoms with E-state index >= 15 is 0 Å². The van der Waals surface area contributed by atoms with Crippen molar-refractivity contribution in [2.24, 2.45) is 0 Å². The summed E-state index contributed by atoms with van der Waals surface area (Å²) in [5.41, 5.74) is -1.56. The van der Waals surface area contributed by atoms with Gasteiger partial charge in [-0.3, -0.25) is 4.79 Å². The Kier molecular flexibility index (Phi) is 4.64. The maximum atomic E-state index is 11.9. The summed E-state index contributed by atoms with van der Waals surface area (Å²) in [5.74, 6) is 0.483. The fourth-order valence-electron chi connectivity index (χ4n) is 1.78. The van der Waals surface area contributed by atoms with Crippen molar-refractivity contribution in [2.75, 3.05) is 25.2 Å². The second-order valence-electron chi connectivity index (χ2n) is 4.80. The molecule has 0 spiro atoms. The molecule has 1 heterocycles. The molecule has 1 fully saturated rings. The highest BCUT2D eigenvalue weighted by molar-refractivity contribution is 7.98. The van der Waals surface area contributed by atoms with Crippen LogP contribution >= 0.6 is 11.8 Å². The van der Waals surface area contributed by atoms with Crippen LogP contribution in [-0.2, 0) is 9.53 Å². The average Bonchev–Trinajstić information content (AvgIpc) is 2.63. The number of hydrogen-bond acceptors (Lipinski definition) is 4. The Hall–Kier alpha value is -0.260. The van der Waals surface area contributed by atoms with Crippen LogP contribution in [0.25, 0.3) is 0 Å². The topological polar surface area (TPSA) is 58.6 Å². The minimum absolute atomic E-state index is 0.119. The van der Waals surface area contributed by atoms with Crippen LogP contribution in [0.3, 0.4) is 0 Å². The molecule has 0 bridgehead atoms. The lowest BCUT2D eigenvalue weighted by atomic mass is 10.0. The number of carbonyl (C=O) groups excluding carboxylic acids is 1. The van der Waals surface area contributed by atoms with Crippen molar-refractivity contribution in [3.63, 3.8) is 0 Å². The first kappa shape index (κ1) is 13.8. The van der Waals surface area contributed by atoms with Crippen LogP contribution in [0.5, 0.6) is 0 Å². The summed E-state index contributed by atoms with van der Waals surface area (Å²) in [6.07, 6.45) is 3.60. The molecule has 16 heavy (non-hydrogen) atoms. The standard InChI is InChI=1S/C11H21NO3S/c1-10(14,8-16-3)7-12-9(13)11(2)5-4-6-15-11/h14H,4-8H2,1-3H3,(H,12,13). The van der Waals surface area contributed by atoms with E-state index in [2.05, 4.69) is 5.32 Å². The molecule has 1 aliphatic rings. The SMILES string of the molecule is CSCC(C)(O)CNC(=O)C1(C)CCCO1. The molecule has 0 aliphatic carbocycles. The number of nitrogens with one attached hydrogen (secondary N) is 1. The van der Waals surface area contributed by atoms with Crippen LogP contribution in [0.15, 0.2) is 0 Å². The first-order chi connectivity index (χ1) is 7.40. The van der Waals surface area contributed by atoms with Gasteiger partial charge in [-0.05, 0) is 32.9 Å². The van der Waals surface area contributed by atoms with E-state index in [1.54, 1.807) is 25.6 Å². The molecule has 0 aromatic heterocycles. The van der Waals surface area contributed by atoms with Crippen molar-refractivity contribution in [1.29, 1.82) is 0 Å². The zero-order chi connectivity index (χ0) is 12.2. The third-order valence-corrected chi connectivity index (χ3v) is 3.69. The Labute approximate surface area is 101 Å². The Bertz CT molecular complexity index is 250. The molecule has 0 aromatic carbocycles. The highest BCUT2D eigenvalue weighted by atomic mass is 32.2. The molecule has 1 amide bonds. The summed E-state index contributed by atoms with van der Waals surface area (Å²) < 4.78 is 5.43. The molecular weight excluding hydrogens is 226 g/mol. The number of hydrogen-bond donors (Lipinski definition) is 2. The molecule has 1 rings (SSSR count). The summed E-state index contributed by atoms with van der Waals surface area (Å²) in [4.78, 5) is 11.9. The number of thioether (sulfide) groups is 1. The van der Waals surface area contributed by atoms with E-state index in [-0.39, 0.29) is 12.5 Å². The minimum atomic E-state index is -0.857. The van der Waals surface area contributed by atoms with Gasteiger partial charge in [0.1, 0.15) is 5.60 Å². The number of rotatable bonds is 5. The molecule has 0 saturated carbocycles.